The van der Waals surface area contributed by atoms with Crippen LogP contribution in [-0.2, 0) is 16.1 Å². The first kappa shape index (κ1) is 14.6. The molecule has 0 aliphatic rings. The lowest BCUT2D eigenvalue weighted by atomic mass is 10.2. The Kier molecular flexibility index (Phi) is 4.93. The van der Waals surface area contributed by atoms with Crippen LogP contribution >= 0.6 is 0 Å². The predicted octanol–water partition coefficient (Wildman–Crippen LogP) is 2.32. The summed E-state index contributed by atoms with van der Waals surface area (Å²) in [4.78, 5) is 24.5. The number of benzene rings is 2. The molecule has 2 amide bonds. The minimum atomic E-state index is -0.608. The number of para-hydroxylation sites is 1. The smallest absolute Gasteiger partial charge is 0.415 e. The lowest BCUT2D eigenvalue weighted by Crippen LogP contribution is -2.38. The Morgan fingerprint density at radius 1 is 0.952 bits per heavy atom. The molecule has 2 N–H and O–H groups in total. The molecule has 5 heteroatoms. The number of carbonyl (C=O) groups is 2. The van der Waals surface area contributed by atoms with E-state index in [0.717, 1.165) is 5.56 Å². The third-order valence-electron chi connectivity index (χ3n) is 2.81. The van der Waals surface area contributed by atoms with Crippen LogP contribution in [0, 0.1) is 0 Å². The summed E-state index contributed by atoms with van der Waals surface area (Å²) in [5.41, 5.74) is 6.62. The molecular weight excluding hydrogens is 268 g/mol. The number of hydrogen-bond donors (Lipinski definition) is 1. The van der Waals surface area contributed by atoms with Crippen LogP contribution in [-0.4, -0.2) is 18.5 Å². The van der Waals surface area contributed by atoms with E-state index in [1.54, 1.807) is 24.3 Å². The fraction of sp³-hybridized carbons (Fsp3) is 0.125. The van der Waals surface area contributed by atoms with Gasteiger partial charge in [0.25, 0.3) is 0 Å². The zero-order valence-electron chi connectivity index (χ0n) is 11.4. The largest absolute Gasteiger partial charge is 0.444 e. The fourth-order valence-corrected chi connectivity index (χ4v) is 1.82. The molecule has 0 aliphatic carbocycles. The second-order valence-electron chi connectivity index (χ2n) is 4.43. The van der Waals surface area contributed by atoms with Crippen LogP contribution < -0.4 is 10.6 Å². The number of carbonyl (C=O) groups excluding carboxylic acids is 2. The fourth-order valence-electron chi connectivity index (χ4n) is 1.82. The third-order valence-corrected chi connectivity index (χ3v) is 2.81. The maximum Gasteiger partial charge on any atom is 0.415 e. The van der Waals surface area contributed by atoms with E-state index in [2.05, 4.69) is 0 Å². The van der Waals surface area contributed by atoms with Gasteiger partial charge < -0.3 is 10.5 Å². The molecule has 0 saturated carbocycles. The van der Waals surface area contributed by atoms with Gasteiger partial charge in [0.1, 0.15) is 13.2 Å². The molecule has 0 aliphatic heterocycles. The molecule has 108 valence electrons. The molecule has 0 bridgehead atoms. The van der Waals surface area contributed by atoms with Crippen LogP contribution in [0.25, 0.3) is 0 Å². The van der Waals surface area contributed by atoms with E-state index in [1.165, 1.54) is 4.90 Å². The normalized spacial score (nSPS) is 9.90. The van der Waals surface area contributed by atoms with Crippen molar-refractivity contribution in [3.8, 4) is 0 Å². The number of primary amides is 1. The zero-order chi connectivity index (χ0) is 15.1. The van der Waals surface area contributed by atoms with Crippen molar-refractivity contribution in [3.63, 3.8) is 0 Å². The van der Waals surface area contributed by atoms with Crippen molar-refractivity contribution >= 4 is 17.7 Å². The second kappa shape index (κ2) is 7.09. The maximum absolute atomic E-state index is 12.1. The van der Waals surface area contributed by atoms with E-state index in [4.69, 9.17) is 10.5 Å². The first-order valence-electron chi connectivity index (χ1n) is 6.48. The summed E-state index contributed by atoms with van der Waals surface area (Å²) >= 11 is 0. The van der Waals surface area contributed by atoms with E-state index >= 15 is 0 Å². The van der Waals surface area contributed by atoms with Gasteiger partial charge in [-0.1, -0.05) is 48.5 Å². The Labute approximate surface area is 122 Å². The van der Waals surface area contributed by atoms with Crippen LogP contribution in [0.1, 0.15) is 5.56 Å². The molecule has 21 heavy (non-hydrogen) atoms. The average molecular weight is 284 g/mol. The van der Waals surface area contributed by atoms with E-state index in [0.29, 0.717) is 5.69 Å². The molecule has 0 atom stereocenters. The molecule has 0 unspecified atom stereocenters. The van der Waals surface area contributed by atoms with Crippen molar-refractivity contribution in [2.24, 2.45) is 5.73 Å². The highest BCUT2D eigenvalue weighted by Gasteiger charge is 2.19. The molecule has 0 radical (unpaired) electrons. The van der Waals surface area contributed by atoms with Gasteiger partial charge in [-0.05, 0) is 17.7 Å². The average Bonchev–Trinajstić information content (AvgIpc) is 2.52. The van der Waals surface area contributed by atoms with Crippen molar-refractivity contribution < 1.29 is 14.3 Å². The summed E-state index contributed by atoms with van der Waals surface area (Å²) in [5.74, 6) is -0.601. The number of nitrogens with zero attached hydrogens (tertiary/aromatic N) is 1. The summed E-state index contributed by atoms with van der Waals surface area (Å²) in [6.45, 7) is -0.0839. The van der Waals surface area contributed by atoms with E-state index in [9.17, 15) is 9.59 Å². The highest BCUT2D eigenvalue weighted by atomic mass is 16.6. The molecule has 0 fully saturated rings. The third kappa shape index (κ3) is 4.35. The van der Waals surface area contributed by atoms with Gasteiger partial charge in [-0.3, -0.25) is 9.69 Å². The van der Waals surface area contributed by atoms with Gasteiger partial charge in [0.15, 0.2) is 0 Å². The number of rotatable bonds is 5. The van der Waals surface area contributed by atoms with E-state index < -0.39 is 12.0 Å². The predicted molar refractivity (Wildman–Crippen MR) is 79.6 cm³/mol. The topological polar surface area (TPSA) is 72.6 Å². The summed E-state index contributed by atoms with van der Waals surface area (Å²) in [7, 11) is 0. The van der Waals surface area contributed by atoms with Crippen LogP contribution in [0.2, 0.25) is 0 Å². The molecule has 0 saturated heterocycles. The van der Waals surface area contributed by atoms with E-state index in [-0.39, 0.29) is 13.2 Å². The number of amides is 2. The van der Waals surface area contributed by atoms with Crippen molar-refractivity contribution in [2.75, 3.05) is 11.4 Å². The van der Waals surface area contributed by atoms with Crippen LogP contribution in [0.3, 0.4) is 0 Å². The molecule has 2 aromatic rings. The zero-order valence-corrected chi connectivity index (χ0v) is 11.4. The highest BCUT2D eigenvalue weighted by Crippen LogP contribution is 2.15. The quantitative estimate of drug-likeness (QED) is 0.915. The number of ether oxygens (including phenoxy) is 1. The molecule has 0 heterocycles. The van der Waals surface area contributed by atoms with Crippen molar-refractivity contribution in [1.29, 1.82) is 0 Å². The van der Waals surface area contributed by atoms with Gasteiger partial charge in [0.05, 0.1) is 0 Å². The summed E-state index contributed by atoms with van der Waals surface area (Å²) in [5, 5.41) is 0. The number of anilines is 1. The molecule has 2 aromatic carbocycles. The van der Waals surface area contributed by atoms with Crippen molar-refractivity contribution in [3.05, 3.63) is 66.2 Å². The lowest BCUT2D eigenvalue weighted by Gasteiger charge is -2.20. The molecular formula is C16H16N2O3. The van der Waals surface area contributed by atoms with Gasteiger partial charge in [-0.15, -0.1) is 0 Å². The minimum Gasteiger partial charge on any atom is -0.444 e. The minimum absolute atomic E-state index is 0.141. The number of nitrogens with two attached hydrogens (primary N) is 1. The Balaban J connectivity index is 2.06. The monoisotopic (exact) mass is 284 g/mol. The summed E-state index contributed by atoms with van der Waals surface area (Å²) in [6.07, 6.45) is -0.608. The molecule has 2 rings (SSSR count). The van der Waals surface area contributed by atoms with Gasteiger partial charge in [-0.25, -0.2) is 4.79 Å². The standard InChI is InChI=1S/C16H16N2O3/c17-15(19)11-18(14-9-5-2-6-10-14)16(20)21-12-13-7-3-1-4-8-13/h1-10H,11-12H2,(H2,17,19). The van der Waals surface area contributed by atoms with E-state index in [1.807, 2.05) is 36.4 Å². The molecule has 0 aromatic heterocycles. The number of hydrogen-bond acceptors (Lipinski definition) is 3. The maximum atomic E-state index is 12.1. The van der Waals surface area contributed by atoms with Crippen molar-refractivity contribution in [2.45, 2.75) is 6.61 Å². The Bertz CT molecular complexity index is 599. The first-order chi connectivity index (χ1) is 10.2. The Hall–Kier alpha value is -2.82. The SMILES string of the molecule is NC(=O)CN(C(=O)OCc1ccccc1)c1ccccc1. The molecule has 0 spiro atoms. The van der Waals surface area contributed by atoms with Gasteiger partial charge in [0.2, 0.25) is 5.91 Å². The van der Waals surface area contributed by atoms with Crippen LogP contribution in [0.5, 0.6) is 0 Å². The summed E-state index contributed by atoms with van der Waals surface area (Å²) < 4.78 is 5.22. The van der Waals surface area contributed by atoms with Crippen LogP contribution in [0.4, 0.5) is 10.5 Å². The Morgan fingerprint density at radius 2 is 1.52 bits per heavy atom. The summed E-state index contributed by atoms with van der Waals surface area (Å²) in [6, 6.07) is 18.1. The molecule has 5 nitrogen and oxygen atoms in total. The lowest BCUT2D eigenvalue weighted by molar-refractivity contribution is -0.116. The van der Waals surface area contributed by atoms with Crippen LogP contribution in [0.15, 0.2) is 60.7 Å². The Morgan fingerprint density at radius 3 is 2.10 bits per heavy atom. The van der Waals surface area contributed by atoms with Gasteiger partial charge >= 0.3 is 6.09 Å². The highest BCUT2D eigenvalue weighted by molar-refractivity contribution is 5.94. The first-order valence-corrected chi connectivity index (χ1v) is 6.48. The van der Waals surface area contributed by atoms with Gasteiger partial charge in [-0.2, -0.15) is 0 Å². The van der Waals surface area contributed by atoms with Crippen molar-refractivity contribution in [1.82, 2.24) is 0 Å². The second-order valence-corrected chi connectivity index (χ2v) is 4.43. The van der Waals surface area contributed by atoms with Gasteiger partial charge in [0, 0.05) is 5.69 Å².